The number of hydrogen-bond acceptors (Lipinski definition) is 3. The number of rotatable bonds is 2. The van der Waals surface area contributed by atoms with Gasteiger partial charge in [0.05, 0.1) is 11.2 Å². The van der Waals surface area contributed by atoms with Crippen LogP contribution in [0.2, 0.25) is 5.02 Å². The molecule has 1 atom stereocenters. The van der Waals surface area contributed by atoms with E-state index in [4.69, 9.17) is 17.3 Å². The summed E-state index contributed by atoms with van der Waals surface area (Å²) in [5, 5.41) is 2.99. The van der Waals surface area contributed by atoms with E-state index in [-0.39, 0.29) is 10.7 Å². The van der Waals surface area contributed by atoms with Crippen molar-refractivity contribution in [2.24, 2.45) is 5.73 Å². The first kappa shape index (κ1) is 15.5. The van der Waals surface area contributed by atoms with Crippen LogP contribution in [0.3, 0.4) is 0 Å². The summed E-state index contributed by atoms with van der Waals surface area (Å²) in [6, 6.07) is 6.23. The molecule has 0 spiro atoms. The Morgan fingerprint density at radius 2 is 2.05 bits per heavy atom. The van der Waals surface area contributed by atoms with Gasteiger partial charge in [-0.2, -0.15) is 13.2 Å². The maximum absolute atomic E-state index is 12.8. The van der Waals surface area contributed by atoms with E-state index in [9.17, 15) is 18.0 Å². The molecule has 0 aliphatic carbocycles. The molecule has 1 unspecified atom stereocenters. The van der Waals surface area contributed by atoms with Crippen molar-refractivity contribution in [3.63, 3.8) is 0 Å². The molecule has 3 N–H and O–H groups in total. The molecule has 1 aromatic heterocycles. The summed E-state index contributed by atoms with van der Waals surface area (Å²) in [5.41, 5.74) is 2.46. The van der Waals surface area contributed by atoms with Crippen LogP contribution in [0.15, 0.2) is 30.5 Å². The van der Waals surface area contributed by atoms with Crippen molar-refractivity contribution in [2.45, 2.75) is 18.6 Å². The zero-order valence-electron chi connectivity index (χ0n) is 10.8. The summed E-state index contributed by atoms with van der Waals surface area (Å²) in [5.74, 6) is -1.38. The molecule has 21 heavy (non-hydrogen) atoms. The molecule has 0 aliphatic heterocycles. The molecule has 4 nitrogen and oxygen atoms in total. The molecule has 8 heteroatoms. The smallest absolute Gasteiger partial charge is 0.322 e. The van der Waals surface area contributed by atoms with Crippen molar-refractivity contribution < 1.29 is 18.0 Å². The number of pyridine rings is 1. The highest BCUT2D eigenvalue weighted by Gasteiger charge is 2.54. The zero-order chi connectivity index (χ0) is 15.8. The molecular formula is C13H11ClF3N3O. The Balaban J connectivity index is 2.43. The van der Waals surface area contributed by atoms with Crippen LogP contribution < -0.4 is 11.1 Å². The molecule has 112 valence electrons. The monoisotopic (exact) mass is 317 g/mol. The van der Waals surface area contributed by atoms with Gasteiger partial charge in [0.15, 0.2) is 5.54 Å². The molecule has 0 saturated heterocycles. The third-order valence-corrected chi connectivity index (χ3v) is 3.20. The lowest BCUT2D eigenvalue weighted by atomic mass is 10.0. The quantitative estimate of drug-likeness (QED) is 0.894. The van der Waals surface area contributed by atoms with Crippen LogP contribution in [-0.4, -0.2) is 22.6 Å². The van der Waals surface area contributed by atoms with Crippen LogP contribution in [0.1, 0.15) is 6.92 Å². The number of carbonyl (C=O) groups excluding carboxylic acids is 1. The first-order valence-corrected chi connectivity index (χ1v) is 6.22. The third kappa shape index (κ3) is 2.93. The lowest BCUT2D eigenvalue weighted by Crippen LogP contribution is -2.59. The summed E-state index contributed by atoms with van der Waals surface area (Å²) in [6.07, 6.45) is -3.42. The van der Waals surface area contributed by atoms with Gasteiger partial charge in [-0.3, -0.25) is 9.78 Å². The van der Waals surface area contributed by atoms with Gasteiger partial charge in [-0.15, -0.1) is 0 Å². The number of aromatic nitrogens is 1. The van der Waals surface area contributed by atoms with Crippen LogP contribution >= 0.6 is 11.6 Å². The molecule has 1 aromatic carbocycles. The number of hydrogen-bond donors (Lipinski definition) is 2. The van der Waals surface area contributed by atoms with Gasteiger partial charge >= 0.3 is 6.18 Å². The van der Waals surface area contributed by atoms with E-state index in [1.165, 1.54) is 12.3 Å². The molecule has 0 bridgehead atoms. The van der Waals surface area contributed by atoms with Crippen molar-refractivity contribution in [1.82, 2.24) is 4.98 Å². The number of amides is 1. The normalized spacial score (nSPS) is 14.8. The van der Waals surface area contributed by atoms with E-state index in [1.807, 2.05) is 0 Å². The second-order valence-corrected chi connectivity index (χ2v) is 5.12. The van der Waals surface area contributed by atoms with Gasteiger partial charge in [-0.1, -0.05) is 17.7 Å². The highest BCUT2D eigenvalue weighted by atomic mass is 35.5. The average Bonchev–Trinajstić information content (AvgIpc) is 2.37. The minimum absolute atomic E-state index is 0.0732. The summed E-state index contributed by atoms with van der Waals surface area (Å²) in [4.78, 5) is 15.8. The van der Waals surface area contributed by atoms with E-state index < -0.39 is 17.6 Å². The molecule has 2 rings (SSSR count). The SMILES string of the molecule is CC(N)(C(=O)Nc1cc(Cl)cc2cccnc12)C(F)(F)F. The summed E-state index contributed by atoms with van der Waals surface area (Å²) in [6.45, 7) is 0.600. The van der Waals surface area contributed by atoms with Crippen LogP contribution in [0.4, 0.5) is 18.9 Å². The Morgan fingerprint density at radius 3 is 2.67 bits per heavy atom. The van der Waals surface area contributed by atoms with Crippen molar-refractivity contribution in [2.75, 3.05) is 5.32 Å². The minimum atomic E-state index is -4.88. The van der Waals surface area contributed by atoms with Gasteiger partial charge in [0, 0.05) is 16.6 Å². The first-order valence-electron chi connectivity index (χ1n) is 5.84. The van der Waals surface area contributed by atoms with Crippen LogP contribution in [0.5, 0.6) is 0 Å². The lowest BCUT2D eigenvalue weighted by Gasteiger charge is -2.26. The van der Waals surface area contributed by atoms with E-state index in [1.54, 1.807) is 18.2 Å². The first-order chi connectivity index (χ1) is 9.63. The number of anilines is 1. The largest absolute Gasteiger partial charge is 0.415 e. The summed E-state index contributed by atoms with van der Waals surface area (Å²) < 4.78 is 38.3. The number of fused-ring (bicyclic) bond motifs is 1. The Labute approximate surface area is 123 Å². The second-order valence-electron chi connectivity index (χ2n) is 4.68. The van der Waals surface area contributed by atoms with Crippen LogP contribution in [0, 0.1) is 0 Å². The zero-order valence-corrected chi connectivity index (χ0v) is 11.6. The minimum Gasteiger partial charge on any atom is -0.322 e. The van der Waals surface area contributed by atoms with Crippen LogP contribution in [0.25, 0.3) is 10.9 Å². The highest BCUT2D eigenvalue weighted by Crippen LogP contribution is 2.31. The van der Waals surface area contributed by atoms with Gasteiger partial charge in [0.25, 0.3) is 5.91 Å². The predicted molar refractivity (Wildman–Crippen MR) is 74.0 cm³/mol. The third-order valence-electron chi connectivity index (χ3n) is 2.98. The van der Waals surface area contributed by atoms with Crippen LogP contribution in [-0.2, 0) is 4.79 Å². The van der Waals surface area contributed by atoms with Crippen molar-refractivity contribution >= 4 is 34.1 Å². The Bertz CT molecular complexity index is 701. The number of carbonyl (C=O) groups is 1. The van der Waals surface area contributed by atoms with E-state index in [0.29, 0.717) is 17.8 Å². The Hall–Kier alpha value is -1.86. The standard InChI is InChI=1S/C13H11ClF3N3O/c1-12(18,13(15,16)17)11(21)20-9-6-8(14)5-7-3-2-4-19-10(7)9/h2-6H,18H2,1H3,(H,20,21). The fourth-order valence-electron chi connectivity index (χ4n) is 1.63. The molecule has 2 aromatic rings. The molecule has 0 fully saturated rings. The fourth-order valence-corrected chi connectivity index (χ4v) is 1.86. The van der Waals surface area contributed by atoms with Crippen molar-refractivity contribution in [3.05, 3.63) is 35.5 Å². The fraction of sp³-hybridized carbons (Fsp3) is 0.231. The van der Waals surface area contributed by atoms with Gasteiger partial charge < -0.3 is 11.1 Å². The number of nitrogens with one attached hydrogen (secondary N) is 1. The lowest BCUT2D eigenvalue weighted by molar-refractivity contribution is -0.184. The molecule has 0 aliphatic rings. The number of nitrogens with two attached hydrogens (primary N) is 1. The maximum atomic E-state index is 12.8. The number of benzene rings is 1. The predicted octanol–water partition coefficient (Wildman–Crippen LogP) is 3.11. The van der Waals surface area contributed by atoms with E-state index in [0.717, 1.165) is 0 Å². The maximum Gasteiger partial charge on any atom is 0.415 e. The number of nitrogens with zero attached hydrogens (tertiary/aromatic N) is 1. The molecule has 0 saturated carbocycles. The number of alkyl halides is 3. The van der Waals surface area contributed by atoms with E-state index >= 15 is 0 Å². The average molecular weight is 318 g/mol. The Morgan fingerprint density at radius 1 is 1.38 bits per heavy atom. The molecule has 1 amide bonds. The van der Waals surface area contributed by atoms with Gasteiger partial charge in [-0.25, -0.2) is 0 Å². The Kier molecular flexibility index (Phi) is 3.81. The van der Waals surface area contributed by atoms with Crippen molar-refractivity contribution in [3.8, 4) is 0 Å². The topological polar surface area (TPSA) is 68.0 Å². The summed E-state index contributed by atoms with van der Waals surface area (Å²) >= 11 is 5.88. The van der Waals surface area contributed by atoms with Gasteiger partial charge in [0.2, 0.25) is 0 Å². The molecule has 1 heterocycles. The van der Waals surface area contributed by atoms with E-state index in [2.05, 4.69) is 10.3 Å². The molecule has 0 radical (unpaired) electrons. The van der Waals surface area contributed by atoms with Crippen molar-refractivity contribution in [1.29, 1.82) is 0 Å². The van der Waals surface area contributed by atoms with Gasteiger partial charge in [-0.05, 0) is 25.1 Å². The highest BCUT2D eigenvalue weighted by molar-refractivity contribution is 6.32. The second kappa shape index (κ2) is 5.16. The summed E-state index contributed by atoms with van der Waals surface area (Å²) in [7, 11) is 0. The molecular weight excluding hydrogens is 307 g/mol. The number of halogens is 4. The van der Waals surface area contributed by atoms with Gasteiger partial charge in [0.1, 0.15) is 0 Å².